The lowest BCUT2D eigenvalue weighted by molar-refractivity contribution is -0.130. The number of amides is 1. The summed E-state index contributed by atoms with van der Waals surface area (Å²) in [6.45, 7) is 1.40. The number of rotatable bonds is 5. The Morgan fingerprint density at radius 3 is 3.15 bits per heavy atom. The lowest BCUT2D eigenvalue weighted by atomic mass is 10.2. The van der Waals surface area contributed by atoms with E-state index in [1.165, 1.54) is 4.70 Å². The number of hydrogen-bond acceptors (Lipinski definition) is 4. The first-order valence-corrected chi connectivity index (χ1v) is 7.88. The number of carbonyl (C=O) groups is 1. The predicted octanol–water partition coefficient (Wildman–Crippen LogP) is 2.52. The maximum Gasteiger partial charge on any atom is 0.249 e. The number of fused-ring (bicyclic) bond motifs is 1. The van der Waals surface area contributed by atoms with Crippen molar-refractivity contribution >= 4 is 27.5 Å². The van der Waals surface area contributed by atoms with Crippen LogP contribution < -0.4 is 5.32 Å². The smallest absolute Gasteiger partial charge is 0.249 e. The first-order chi connectivity index (χ1) is 9.83. The quantitative estimate of drug-likeness (QED) is 0.861. The molecular formula is C15H18N2O2S. The fourth-order valence-corrected chi connectivity index (χ4v) is 3.39. The Labute approximate surface area is 122 Å². The van der Waals surface area contributed by atoms with Crippen molar-refractivity contribution in [2.45, 2.75) is 31.8 Å². The Morgan fingerprint density at radius 2 is 2.35 bits per heavy atom. The first-order valence-electron chi connectivity index (χ1n) is 7.07. The van der Waals surface area contributed by atoms with Crippen LogP contribution in [0.25, 0.3) is 10.2 Å². The first kappa shape index (κ1) is 13.5. The summed E-state index contributed by atoms with van der Waals surface area (Å²) in [5, 5.41) is 4.08. The van der Waals surface area contributed by atoms with Crippen molar-refractivity contribution < 1.29 is 9.53 Å². The number of hydrogen-bond donors (Lipinski definition) is 1. The van der Waals surface area contributed by atoms with Crippen LogP contribution in [0.15, 0.2) is 24.3 Å². The molecule has 1 aromatic carbocycles. The van der Waals surface area contributed by atoms with E-state index in [0.29, 0.717) is 13.2 Å². The molecule has 0 radical (unpaired) electrons. The average Bonchev–Trinajstić information content (AvgIpc) is 3.11. The molecule has 1 aromatic heterocycles. The minimum atomic E-state index is -0.225. The molecule has 1 fully saturated rings. The Balaban J connectivity index is 1.44. The van der Waals surface area contributed by atoms with Gasteiger partial charge >= 0.3 is 0 Å². The maximum absolute atomic E-state index is 11.7. The Bertz CT molecular complexity index is 557. The molecule has 1 unspecified atom stereocenters. The van der Waals surface area contributed by atoms with E-state index in [1.54, 1.807) is 11.3 Å². The molecule has 20 heavy (non-hydrogen) atoms. The average molecular weight is 290 g/mol. The number of nitrogens with zero attached hydrogens (tertiary/aromatic N) is 1. The van der Waals surface area contributed by atoms with Crippen molar-refractivity contribution in [1.82, 2.24) is 10.3 Å². The molecule has 0 saturated carbocycles. The predicted molar refractivity (Wildman–Crippen MR) is 79.9 cm³/mol. The van der Waals surface area contributed by atoms with Gasteiger partial charge in [-0.3, -0.25) is 4.79 Å². The molecule has 2 heterocycles. The molecule has 1 saturated heterocycles. The summed E-state index contributed by atoms with van der Waals surface area (Å²) in [7, 11) is 0. The zero-order valence-electron chi connectivity index (χ0n) is 11.3. The van der Waals surface area contributed by atoms with Gasteiger partial charge in [0.15, 0.2) is 0 Å². The number of para-hydroxylation sites is 1. The van der Waals surface area contributed by atoms with E-state index in [-0.39, 0.29) is 12.0 Å². The third-order valence-electron chi connectivity index (χ3n) is 3.43. The van der Waals surface area contributed by atoms with Gasteiger partial charge in [0.05, 0.1) is 15.2 Å². The molecule has 106 valence electrons. The molecule has 5 heteroatoms. The fourth-order valence-electron chi connectivity index (χ4n) is 2.38. The third-order valence-corrected chi connectivity index (χ3v) is 4.52. The van der Waals surface area contributed by atoms with Crippen molar-refractivity contribution in [2.75, 3.05) is 13.2 Å². The minimum absolute atomic E-state index is 0.0341. The van der Waals surface area contributed by atoms with Crippen LogP contribution in [-0.2, 0) is 16.0 Å². The Morgan fingerprint density at radius 1 is 1.45 bits per heavy atom. The zero-order valence-corrected chi connectivity index (χ0v) is 12.1. The maximum atomic E-state index is 11.7. The molecule has 1 N–H and O–H groups in total. The van der Waals surface area contributed by atoms with Crippen LogP contribution in [0, 0.1) is 0 Å². The highest BCUT2D eigenvalue weighted by molar-refractivity contribution is 7.18. The lowest BCUT2D eigenvalue weighted by Crippen LogP contribution is -2.34. The highest BCUT2D eigenvalue weighted by Crippen LogP contribution is 2.22. The monoisotopic (exact) mass is 290 g/mol. The van der Waals surface area contributed by atoms with Crippen molar-refractivity contribution in [2.24, 2.45) is 0 Å². The summed E-state index contributed by atoms with van der Waals surface area (Å²) in [5.41, 5.74) is 1.07. The van der Waals surface area contributed by atoms with Gasteiger partial charge < -0.3 is 10.1 Å². The number of carbonyl (C=O) groups excluding carboxylic acids is 1. The van der Waals surface area contributed by atoms with Gasteiger partial charge in [-0.15, -0.1) is 11.3 Å². The highest BCUT2D eigenvalue weighted by atomic mass is 32.1. The molecule has 1 atom stereocenters. The van der Waals surface area contributed by atoms with Crippen LogP contribution in [0.3, 0.4) is 0 Å². The molecule has 3 rings (SSSR count). The van der Waals surface area contributed by atoms with Gasteiger partial charge in [-0.25, -0.2) is 4.98 Å². The zero-order chi connectivity index (χ0) is 13.8. The molecule has 2 aromatic rings. The highest BCUT2D eigenvalue weighted by Gasteiger charge is 2.22. The van der Waals surface area contributed by atoms with Crippen molar-refractivity contribution in [3.63, 3.8) is 0 Å². The van der Waals surface area contributed by atoms with Gasteiger partial charge in [0, 0.05) is 19.6 Å². The van der Waals surface area contributed by atoms with Crippen molar-refractivity contribution in [3.8, 4) is 0 Å². The Hall–Kier alpha value is -1.46. The SMILES string of the molecule is O=C(NCCCc1nc2ccccc2s1)C1CCCO1. The number of aromatic nitrogens is 1. The van der Waals surface area contributed by atoms with Crippen molar-refractivity contribution in [3.05, 3.63) is 29.3 Å². The summed E-state index contributed by atoms with van der Waals surface area (Å²) < 4.78 is 6.58. The van der Waals surface area contributed by atoms with E-state index in [1.807, 2.05) is 18.2 Å². The van der Waals surface area contributed by atoms with Gasteiger partial charge in [-0.1, -0.05) is 12.1 Å². The second-order valence-corrected chi connectivity index (χ2v) is 6.09. The standard InChI is InChI=1S/C15H18N2O2S/c18-15(12-6-4-10-19-12)16-9-3-8-14-17-11-5-1-2-7-13(11)20-14/h1-2,5,7,12H,3-4,6,8-10H2,(H,16,18). The molecular weight excluding hydrogens is 272 g/mol. The van der Waals surface area contributed by atoms with E-state index in [0.717, 1.165) is 36.2 Å². The van der Waals surface area contributed by atoms with Gasteiger partial charge in [0.1, 0.15) is 6.10 Å². The van der Waals surface area contributed by atoms with Crippen molar-refractivity contribution in [1.29, 1.82) is 0 Å². The van der Waals surface area contributed by atoms with E-state index in [9.17, 15) is 4.79 Å². The summed E-state index contributed by atoms with van der Waals surface area (Å²) in [6, 6.07) is 8.17. The molecule has 1 aliphatic heterocycles. The number of aryl methyl sites for hydroxylation is 1. The van der Waals surface area contributed by atoms with Gasteiger partial charge in [-0.2, -0.15) is 0 Å². The molecule has 4 nitrogen and oxygen atoms in total. The lowest BCUT2D eigenvalue weighted by Gasteiger charge is -2.09. The molecule has 1 amide bonds. The largest absolute Gasteiger partial charge is 0.368 e. The fraction of sp³-hybridized carbons (Fsp3) is 0.467. The summed E-state index contributed by atoms with van der Waals surface area (Å²) in [5.74, 6) is 0.0341. The van der Waals surface area contributed by atoms with Gasteiger partial charge in [0.25, 0.3) is 0 Å². The minimum Gasteiger partial charge on any atom is -0.368 e. The van der Waals surface area contributed by atoms with Crippen LogP contribution in [-0.4, -0.2) is 30.1 Å². The molecule has 0 bridgehead atoms. The van der Waals surface area contributed by atoms with E-state index < -0.39 is 0 Å². The Kier molecular flexibility index (Phi) is 4.28. The number of benzene rings is 1. The van der Waals surface area contributed by atoms with E-state index in [2.05, 4.69) is 16.4 Å². The van der Waals surface area contributed by atoms with E-state index in [4.69, 9.17) is 4.74 Å². The second kappa shape index (κ2) is 6.33. The van der Waals surface area contributed by atoms with Gasteiger partial charge in [-0.05, 0) is 31.4 Å². The van der Waals surface area contributed by atoms with E-state index >= 15 is 0 Å². The van der Waals surface area contributed by atoms with Crippen LogP contribution in [0.2, 0.25) is 0 Å². The molecule has 1 aliphatic rings. The second-order valence-electron chi connectivity index (χ2n) is 4.97. The van der Waals surface area contributed by atoms with Gasteiger partial charge in [0.2, 0.25) is 5.91 Å². The summed E-state index contributed by atoms with van der Waals surface area (Å²) >= 11 is 1.73. The van der Waals surface area contributed by atoms with Crippen LogP contribution in [0.5, 0.6) is 0 Å². The third kappa shape index (κ3) is 3.16. The van der Waals surface area contributed by atoms with Crippen LogP contribution >= 0.6 is 11.3 Å². The number of nitrogens with one attached hydrogen (secondary N) is 1. The molecule has 0 aliphatic carbocycles. The number of thiazole rings is 1. The summed E-state index contributed by atoms with van der Waals surface area (Å²) in [6.07, 6.45) is 3.44. The normalized spacial score (nSPS) is 18.5. The molecule has 0 spiro atoms. The topological polar surface area (TPSA) is 51.2 Å². The summed E-state index contributed by atoms with van der Waals surface area (Å²) in [4.78, 5) is 16.3. The van der Waals surface area contributed by atoms with Crippen LogP contribution in [0.4, 0.5) is 0 Å². The van der Waals surface area contributed by atoms with Crippen LogP contribution in [0.1, 0.15) is 24.3 Å². The number of ether oxygens (including phenoxy) is 1.